The third-order valence-electron chi connectivity index (χ3n) is 3.21. The first kappa shape index (κ1) is 16.1. The quantitative estimate of drug-likeness (QED) is 0.830. The number of hydrogen-bond donors (Lipinski definition) is 1. The molecule has 0 spiro atoms. The molecular formula is C18H18N2OS. The molecule has 2 aromatic carbocycles. The van der Waals surface area contributed by atoms with Gasteiger partial charge in [-0.3, -0.25) is 4.79 Å². The lowest BCUT2D eigenvalue weighted by Gasteiger charge is -2.06. The van der Waals surface area contributed by atoms with E-state index < -0.39 is 0 Å². The van der Waals surface area contributed by atoms with Gasteiger partial charge >= 0.3 is 0 Å². The number of carbonyl (C=O) groups excluding carboxylic acids is 1. The molecule has 0 bridgehead atoms. The Hall–Kier alpha value is -2.25. The molecule has 1 N–H and O–H groups in total. The fourth-order valence-electron chi connectivity index (χ4n) is 2.06. The van der Waals surface area contributed by atoms with Gasteiger partial charge in [0.15, 0.2) is 0 Å². The molecule has 0 atom stereocenters. The van der Waals surface area contributed by atoms with E-state index in [0.29, 0.717) is 12.1 Å². The van der Waals surface area contributed by atoms with Crippen LogP contribution in [0.3, 0.4) is 0 Å². The lowest BCUT2D eigenvalue weighted by atomic mass is 10.1. The fraction of sp³-hybridized carbons (Fsp3) is 0.222. The summed E-state index contributed by atoms with van der Waals surface area (Å²) in [5.74, 6) is 1.56. The summed E-state index contributed by atoms with van der Waals surface area (Å²) >= 11 is 1.71. The van der Waals surface area contributed by atoms with Gasteiger partial charge in [0, 0.05) is 23.6 Å². The summed E-state index contributed by atoms with van der Waals surface area (Å²) in [7, 11) is 0. The van der Waals surface area contributed by atoms with Gasteiger partial charge < -0.3 is 5.32 Å². The fourth-order valence-corrected chi connectivity index (χ4v) is 2.92. The SMILES string of the molecule is Cc1cccc(C(=O)NCCSCc2ccccc2C#N)c1. The van der Waals surface area contributed by atoms with Gasteiger partial charge in [-0.2, -0.15) is 17.0 Å². The van der Waals surface area contributed by atoms with E-state index in [-0.39, 0.29) is 5.91 Å². The normalized spacial score (nSPS) is 10.0. The summed E-state index contributed by atoms with van der Waals surface area (Å²) in [6.07, 6.45) is 0. The summed E-state index contributed by atoms with van der Waals surface area (Å²) in [5.41, 5.74) is 3.54. The Labute approximate surface area is 135 Å². The third kappa shape index (κ3) is 4.64. The van der Waals surface area contributed by atoms with Crippen molar-refractivity contribution in [3.8, 4) is 6.07 Å². The molecule has 0 radical (unpaired) electrons. The lowest BCUT2D eigenvalue weighted by Crippen LogP contribution is -2.25. The molecule has 2 rings (SSSR count). The molecule has 22 heavy (non-hydrogen) atoms. The van der Waals surface area contributed by atoms with E-state index in [1.807, 2.05) is 55.5 Å². The van der Waals surface area contributed by atoms with Crippen LogP contribution in [-0.2, 0) is 5.75 Å². The number of thioether (sulfide) groups is 1. The van der Waals surface area contributed by atoms with Crippen molar-refractivity contribution in [2.24, 2.45) is 0 Å². The average Bonchev–Trinajstić information content (AvgIpc) is 2.54. The molecule has 0 saturated heterocycles. The van der Waals surface area contributed by atoms with Crippen molar-refractivity contribution in [3.63, 3.8) is 0 Å². The Morgan fingerprint density at radius 1 is 1.23 bits per heavy atom. The Kier molecular flexibility index (Phi) is 6.05. The maximum Gasteiger partial charge on any atom is 0.251 e. The van der Waals surface area contributed by atoms with Gasteiger partial charge in [-0.05, 0) is 30.7 Å². The maximum atomic E-state index is 12.0. The molecule has 0 aliphatic heterocycles. The monoisotopic (exact) mass is 310 g/mol. The van der Waals surface area contributed by atoms with Gasteiger partial charge in [0.25, 0.3) is 5.91 Å². The molecule has 0 heterocycles. The minimum absolute atomic E-state index is 0.0401. The van der Waals surface area contributed by atoms with Crippen molar-refractivity contribution in [2.45, 2.75) is 12.7 Å². The van der Waals surface area contributed by atoms with Gasteiger partial charge in [-0.15, -0.1) is 0 Å². The molecule has 112 valence electrons. The standard InChI is InChI=1S/C18H18N2OS/c1-14-5-4-8-15(11-14)18(21)20-9-10-22-13-17-7-3-2-6-16(17)12-19/h2-8,11H,9-10,13H2,1H3,(H,20,21). The number of amides is 1. The topological polar surface area (TPSA) is 52.9 Å². The van der Waals surface area contributed by atoms with Crippen molar-refractivity contribution in [1.82, 2.24) is 5.32 Å². The second kappa shape index (κ2) is 8.26. The summed E-state index contributed by atoms with van der Waals surface area (Å²) in [4.78, 5) is 12.0. The van der Waals surface area contributed by atoms with Crippen molar-refractivity contribution < 1.29 is 4.79 Å². The van der Waals surface area contributed by atoms with E-state index >= 15 is 0 Å². The van der Waals surface area contributed by atoms with E-state index in [4.69, 9.17) is 5.26 Å². The van der Waals surface area contributed by atoms with Gasteiger partial charge in [-0.25, -0.2) is 0 Å². The summed E-state index contributed by atoms with van der Waals surface area (Å²) in [6.45, 7) is 2.59. The molecule has 0 saturated carbocycles. The lowest BCUT2D eigenvalue weighted by molar-refractivity contribution is 0.0956. The molecule has 4 heteroatoms. The van der Waals surface area contributed by atoms with Crippen LogP contribution in [0.5, 0.6) is 0 Å². The van der Waals surface area contributed by atoms with Crippen molar-refractivity contribution in [1.29, 1.82) is 5.26 Å². The Morgan fingerprint density at radius 3 is 2.82 bits per heavy atom. The first-order valence-electron chi connectivity index (χ1n) is 7.11. The van der Waals surface area contributed by atoms with Crippen LogP contribution >= 0.6 is 11.8 Å². The number of benzene rings is 2. The van der Waals surface area contributed by atoms with Crippen molar-refractivity contribution in [2.75, 3.05) is 12.3 Å². The van der Waals surface area contributed by atoms with E-state index in [2.05, 4.69) is 11.4 Å². The second-order valence-corrected chi connectivity index (χ2v) is 6.05. The number of hydrogen-bond acceptors (Lipinski definition) is 3. The van der Waals surface area contributed by atoms with Crippen LogP contribution in [0, 0.1) is 18.3 Å². The first-order chi connectivity index (χ1) is 10.7. The van der Waals surface area contributed by atoms with Crippen LogP contribution in [0.15, 0.2) is 48.5 Å². The molecule has 3 nitrogen and oxygen atoms in total. The number of rotatable bonds is 6. The Bertz CT molecular complexity index is 691. The van der Waals surface area contributed by atoms with E-state index in [0.717, 1.165) is 28.2 Å². The minimum atomic E-state index is -0.0401. The minimum Gasteiger partial charge on any atom is -0.351 e. The molecule has 0 aliphatic rings. The van der Waals surface area contributed by atoms with Gasteiger partial charge in [0.1, 0.15) is 0 Å². The van der Waals surface area contributed by atoms with Crippen molar-refractivity contribution in [3.05, 3.63) is 70.8 Å². The van der Waals surface area contributed by atoms with Crippen LogP contribution in [0.1, 0.15) is 27.0 Å². The molecule has 0 unspecified atom stereocenters. The Balaban J connectivity index is 1.74. The van der Waals surface area contributed by atoms with Gasteiger partial charge in [-0.1, -0.05) is 35.9 Å². The zero-order valence-corrected chi connectivity index (χ0v) is 13.3. The maximum absolute atomic E-state index is 12.0. The number of carbonyl (C=O) groups is 1. The average molecular weight is 310 g/mol. The van der Waals surface area contributed by atoms with E-state index in [1.165, 1.54) is 0 Å². The number of nitrogens with zero attached hydrogens (tertiary/aromatic N) is 1. The summed E-state index contributed by atoms with van der Waals surface area (Å²) in [6, 6.07) is 17.4. The Morgan fingerprint density at radius 2 is 2.05 bits per heavy atom. The van der Waals surface area contributed by atoms with Crippen LogP contribution in [0.25, 0.3) is 0 Å². The number of nitriles is 1. The third-order valence-corrected chi connectivity index (χ3v) is 4.22. The highest BCUT2D eigenvalue weighted by Crippen LogP contribution is 2.15. The molecule has 1 amide bonds. The van der Waals surface area contributed by atoms with Crippen LogP contribution in [0.2, 0.25) is 0 Å². The van der Waals surface area contributed by atoms with Crippen LogP contribution in [0.4, 0.5) is 0 Å². The molecular weight excluding hydrogens is 292 g/mol. The van der Waals surface area contributed by atoms with E-state index in [9.17, 15) is 4.79 Å². The van der Waals surface area contributed by atoms with Crippen LogP contribution < -0.4 is 5.32 Å². The smallest absolute Gasteiger partial charge is 0.251 e. The zero-order valence-electron chi connectivity index (χ0n) is 12.5. The van der Waals surface area contributed by atoms with E-state index in [1.54, 1.807) is 11.8 Å². The second-order valence-electron chi connectivity index (χ2n) is 4.95. The van der Waals surface area contributed by atoms with Crippen LogP contribution in [-0.4, -0.2) is 18.2 Å². The molecule has 2 aromatic rings. The highest BCUT2D eigenvalue weighted by molar-refractivity contribution is 7.98. The first-order valence-corrected chi connectivity index (χ1v) is 8.27. The highest BCUT2D eigenvalue weighted by Gasteiger charge is 2.05. The van der Waals surface area contributed by atoms with Gasteiger partial charge in [0.2, 0.25) is 0 Å². The number of aryl methyl sites for hydroxylation is 1. The number of nitrogens with one attached hydrogen (secondary N) is 1. The van der Waals surface area contributed by atoms with Gasteiger partial charge in [0.05, 0.1) is 11.6 Å². The van der Waals surface area contributed by atoms with Crippen molar-refractivity contribution >= 4 is 17.7 Å². The summed E-state index contributed by atoms with van der Waals surface area (Å²) < 4.78 is 0. The highest BCUT2D eigenvalue weighted by atomic mass is 32.2. The molecule has 0 aromatic heterocycles. The predicted octanol–water partition coefficient (Wildman–Crippen LogP) is 3.53. The molecule has 0 aliphatic carbocycles. The summed E-state index contributed by atoms with van der Waals surface area (Å²) in [5, 5.41) is 11.9. The largest absolute Gasteiger partial charge is 0.351 e. The molecule has 0 fully saturated rings. The zero-order chi connectivity index (χ0) is 15.8. The predicted molar refractivity (Wildman–Crippen MR) is 90.8 cm³/mol.